The average molecular weight is 241 g/mol. The number of hydrogen-bond acceptors (Lipinski definition) is 5. The van der Waals surface area contributed by atoms with Crippen molar-refractivity contribution in [2.45, 2.75) is 39.5 Å². The minimum Gasteiger partial charge on any atom is -0.377 e. The first-order chi connectivity index (χ1) is 8.01. The van der Waals surface area contributed by atoms with Gasteiger partial charge >= 0.3 is 0 Å². The van der Waals surface area contributed by atoms with Crippen LogP contribution in [0, 0.1) is 5.92 Å². The van der Waals surface area contributed by atoms with E-state index < -0.39 is 0 Å². The third-order valence-electron chi connectivity index (χ3n) is 3.27. The molecule has 0 radical (unpaired) electrons. The van der Waals surface area contributed by atoms with E-state index in [-0.39, 0.29) is 5.54 Å². The summed E-state index contributed by atoms with van der Waals surface area (Å²) in [4.78, 5) is 0. The van der Waals surface area contributed by atoms with E-state index in [4.69, 9.17) is 15.0 Å². The number of methoxy groups -OCH3 is 1. The van der Waals surface area contributed by atoms with E-state index in [1.54, 1.807) is 7.11 Å². The topological polar surface area (TPSA) is 73.3 Å². The van der Waals surface area contributed by atoms with Crippen LogP contribution in [0.3, 0.4) is 0 Å². The van der Waals surface area contributed by atoms with Gasteiger partial charge in [-0.1, -0.05) is 19.0 Å². The van der Waals surface area contributed by atoms with Crippen LogP contribution < -0.4 is 11.1 Å². The van der Waals surface area contributed by atoms with E-state index in [1.165, 1.54) is 0 Å². The van der Waals surface area contributed by atoms with Gasteiger partial charge in [0.2, 0.25) is 0 Å². The molecule has 1 unspecified atom stereocenters. The minimum absolute atomic E-state index is 0.0830. The zero-order chi connectivity index (χ0) is 12.9. The van der Waals surface area contributed by atoms with Gasteiger partial charge in [-0.3, -0.25) is 0 Å². The Bertz CT molecular complexity index is 338. The van der Waals surface area contributed by atoms with Gasteiger partial charge in [-0.2, -0.15) is 0 Å². The van der Waals surface area contributed by atoms with E-state index in [9.17, 15) is 0 Å². The third-order valence-corrected chi connectivity index (χ3v) is 3.27. The van der Waals surface area contributed by atoms with E-state index in [0.29, 0.717) is 25.6 Å². The number of ether oxygens (including phenoxy) is 1. The Kier molecular flexibility index (Phi) is 5.11. The summed E-state index contributed by atoms with van der Waals surface area (Å²) in [5.74, 6) is 1.20. The molecule has 0 fully saturated rings. The Labute approximate surface area is 103 Å². The molecule has 1 atom stereocenters. The van der Waals surface area contributed by atoms with Crippen molar-refractivity contribution in [2.24, 2.45) is 11.7 Å². The van der Waals surface area contributed by atoms with Crippen molar-refractivity contribution in [3.05, 3.63) is 17.5 Å². The number of nitrogens with zero attached hydrogens (tertiary/aromatic N) is 1. The van der Waals surface area contributed by atoms with E-state index >= 15 is 0 Å². The Morgan fingerprint density at radius 2 is 2.29 bits per heavy atom. The van der Waals surface area contributed by atoms with Crippen LogP contribution in [0.2, 0.25) is 0 Å². The Hall–Kier alpha value is -0.910. The molecule has 5 heteroatoms. The van der Waals surface area contributed by atoms with Crippen LogP contribution in [0.5, 0.6) is 0 Å². The number of aromatic nitrogens is 1. The molecule has 1 aromatic rings. The first-order valence-electron chi connectivity index (χ1n) is 5.90. The molecule has 0 bridgehead atoms. The highest BCUT2D eigenvalue weighted by molar-refractivity contribution is 5.05. The van der Waals surface area contributed by atoms with Crippen LogP contribution >= 0.6 is 0 Å². The quantitative estimate of drug-likeness (QED) is 0.752. The Morgan fingerprint density at radius 3 is 2.82 bits per heavy atom. The molecule has 3 N–H and O–H groups in total. The number of rotatable bonds is 7. The maximum absolute atomic E-state index is 5.80. The largest absolute Gasteiger partial charge is 0.377 e. The maximum atomic E-state index is 5.80. The summed E-state index contributed by atoms with van der Waals surface area (Å²) in [6.45, 7) is 8.11. The van der Waals surface area contributed by atoms with Crippen LogP contribution in [-0.4, -0.2) is 24.4 Å². The first kappa shape index (κ1) is 14.2. The van der Waals surface area contributed by atoms with Crippen molar-refractivity contribution in [1.82, 2.24) is 10.5 Å². The Morgan fingerprint density at radius 1 is 1.59 bits per heavy atom. The second kappa shape index (κ2) is 6.14. The van der Waals surface area contributed by atoms with Crippen molar-refractivity contribution in [2.75, 3.05) is 13.7 Å². The summed E-state index contributed by atoms with van der Waals surface area (Å²) < 4.78 is 10.1. The molecule has 0 aliphatic rings. The number of nitrogens with one attached hydrogen (secondary N) is 1. The van der Waals surface area contributed by atoms with Crippen LogP contribution in [0.15, 0.2) is 10.6 Å². The summed E-state index contributed by atoms with van der Waals surface area (Å²) in [6, 6.07) is 1.90. The van der Waals surface area contributed by atoms with Gasteiger partial charge in [-0.25, -0.2) is 0 Å². The smallest absolute Gasteiger partial charge is 0.162 e. The van der Waals surface area contributed by atoms with Crippen molar-refractivity contribution in [1.29, 1.82) is 0 Å². The lowest BCUT2D eigenvalue weighted by molar-refractivity contribution is 0.155. The molecule has 0 aliphatic heterocycles. The fourth-order valence-electron chi connectivity index (χ4n) is 1.45. The van der Waals surface area contributed by atoms with Gasteiger partial charge in [0.05, 0.1) is 5.69 Å². The van der Waals surface area contributed by atoms with E-state index in [0.717, 1.165) is 11.5 Å². The fraction of sp³-hybridized carbons (Fsp3) is 0.750. The predicted octanol–water partition coefficient (Wildman–Crippen LogP) is 1.28. The monoisotopic (exact) mass is 241 g/mol. The van der Waals surface area contributed by atoms with Gasteiger partial charge < -0.3 is 20.3 Å². The maximum Gasteiger partial charge on any atom is 0.162 e. The summed E-state index contributed by atoms with van der Waals surface area (Å²) in [5, 5.41) is 7.40. The molecular formula is C12H23N3O2. The van der Waals surface area contributed by atoms with Gasteiger partial charge in [0, 0.05) is 31.8 Å². The third kappa shape index (κ3) is 3.80. The zero-order valence-corrected chi connectivity index (χ0v) is 11.1. The molecule has 0 spiro atoms. The average Bonchev–Trinajstić information content (AvgIpc) is 2.74. The number of hydrogen-bond donors (Lipinski definition) is 2. The minimum atomic E-state index is -0.0830. The SMILES string of the molecule is COCc1cc(CNC(C)(CN)C(C)C)no1. The van der Waals surface area contributed by atoms with Crippen molar-refractivity contribution in [3.8, 4) is 0 Å². The second-order valence-electron chi connectivity index (χ2n) is 4.85. The molecule has 5 nitrogen and oxygen atoms in total. The molecule has 0 saturated heterocycles. The van der Waals surface area contributed by atoms with Gasteiger partial charge in [0.25, 0.3) is 0 Å². The second-order valence-corrected chi connectivity index (χ2v) is 4.85. The number of nitrogens with two attached hydrogens (primary N) is 1. The molecule has 1 rings (SSSR count). The van der Waals surface area contributed by atoms with Crippen LogP contribution in [0.1, 0.15) is 32.2 Å². The molecule has 0 amide bonds. The normalized spacial score (nSPS) is 15.2. The fourth-order valence-corrected chi connectivity index (χ4v) is 1.45. The molecule has 1 aromatic heterocycles. The molecule has 1 heterocycles. The lowest BCUT2D eigenvalue weighted by Gasteiger charge is -2.33. The molecule has 0 saturated carbocycles. The highest BCUT2D eigenvalue weighted by atomic mass is 16.5. The summed E-state index contributed by atoms with van der Waals surface area (Å²) in [6.07, 6.45) is 0. The highest BCUT2D eigenvalue weighted by Gasteiger charge is 2.26. The predicted molar refractivity (Wildman–Crippen MR) is 66.4 cm³/mol. The first-order valence-corrected chi connectivity index (χ1v) is 5.90. The van der Waals surface area contributed by atoms with E-state index in [2.05, 4.69) is 31.2 Å². The lowest BCUT2D eigenvalue weighted by Crippen LogP contribution is -2.52. The molecule has 0 aromatic carbocycles. The summed E-state index contributed by atoms with van der Waals surface area (Å²) in [5.41, 5.74) is 6.59. The zero-order valence-electron chi connectivity index (χ0n) is 11.1. The molecule has 98 valence electrons. The molecular weight excluding hydrogens is 218 g/mol. The van der Waals surface area contributed by atoms with Gasteiger partial charge in [-0.05, 0) is 12.8 Å². The van der Waals surface area contributed by atoms with Crippen molar-refractivity contribution >= 4 is 0 Å². The van der Waals surface area contributed by atoms with Gasteiger partial charge in [0.15, 0.2) is 5.76 Å². The summed E-state index contributed by atoms with van der Waals surface area (Å²) >= 11 is 0. The van der Waals surface area contributed by atoms with Gasteiger partial charge in [-0.15, -0.1) is 0 Å². The Balaban J connectivity index is 2.53. The van der Waals surface area contributed by atoms with Crippen LogP contribution in [-0.2, 0) is 17.9 Å². The summed E-state index contributed by atoms with van der Waals surface area (Å²) in [7, 11) is 1.63. The van der Waals surface area contributed by atoms with E-state index in [1.807, 2.05) is 6.07 Å². The molecule has 0 aliphatic carbocycles. The standard InChI is InChI=1S/C12H23N3O2/c1-9(2)12(3,8-13)14-6-10-5-11(7-16-4)17-15-10/h5,9,14H,6-8,13H2,1-4H3. The molecule has 17 heavy (non-hydrogen) atoms. The van der Waals surface area contributed by atoms with Crippen molar-refractivity contribution < 1.29 is 9.26 Å². The lowest BCUT2D eigenvalue weighted by atomic mass is 9.88. The van der Waals surface area contributed by atoms with Gasteiger partial charge in [0.1, 0.15) is 6.61 Å². The van der Waals surface area contributed by atoms with Crippen LogP contribution in [0.25, 0.3) is 0 Å². The van der Waals surface area contributed by atoms with Crippen LogP contribution in [0.4, 0.5) is 0 Å². The highest BCUT2D eigenvalue weighted by Crippen LogP contribution is 2.15. The van der Waals surface area contributed by atoms with Crippen molar-refractivity contribution in [3.63, 3.8) is 0 Å².